The van der Waals surface area contributed by atoms with Crippen molar-refractivity contribution in [2.45, 2.75) is 6.61 Å². The predicted octanol–water partition coefficient (Wildman–Crippen LogP) is 1.59. The third-order valence-corrected chi connectivity index (χ3v) is 2.20. The first-order valence-electron chi connectivity index (χ1n) is 3.54. The summed E-state index contributed by atoms with van der Waals surface area (Å²) in [5.41, 5.74) is 1.79. The second kappa shape index (κ2) is 2.88. The molecule has 0 radical (unpaired) electrons. The fourth-order valence-corrected chi connectivity index (χ4v) is 1.46. The maximum atomic E-state index is 8.93. The van der Waals surface area contributed by atoms with Gasteiger partial charge in [0.05, 0.1) is 18.3 Å². The average molecular weight is 227 g/mol. The van der Waals surface area contributed by atoms with Crippen LogP contribution >= 0.6 is 15.9 Å². The van der Waals surface area contributed by atoms with Gasteiger partial charge in [0.1, 0.15) is 0 Å². The van der Waals surface area contributed by atoms with Gasteiger partial charge in [-0.2, -0.15) is 5.10 Å². The molecule has 2 aromatic heterocycles. The van der Waals surface area contributed by atoms with Gasteiger partial charge in [0.2, 0.25) is 0 Å². The molecule has 3 nitrogen and oxygen atoms in total. The van der Waals surface area contributed by atoms with Crippen molar-refractivity contribution < 1.29 is 5.11 Å². The lowest BCUT2D eigenvalue weighted by molar-refractivity contribution is 0.283. The summed E-state index contributed by atoms with van der Waals surface area (Å²) in [6.07, 6.45) is 3.52. The Bertz CT molecular complexity index is 410. The van der Waals surface area contributed by atoms with Crippen LogP contribution in [0.1, 0.15) is 5.56 Å². The van der Waals surface area contributed by atoms with E-state index < -0.39 is 0 Å². The molecule has 0 amide bonds. The van der Waals surface area contributed by atoms with E-state index in [-0.39, 0.29) is 6.61 Å². The van der Waals surface area contributed by atoms with Crippen molar-refractivity contribution >= 4 is 21.4 Å². The molecule has 2 heterocycles. The largest absolute Gasteiger partial charge is 0.392 e. The number of aromatic nitrogens is 2. The van der Waals surface area contributed by atoms with Gasteiger partial charge in [0.15, 0.2) is 0 Å². The van der Waals surface area contributed by atoms with Crippen LogP contribution in [0.4, 0.5) is 0 Å². The number of pyridine rings is 1. The fraction of sp³-hybridized carbons (Fsp3) is 0.125. The molecule has 0 atom stereocenters. The highest BCUT2D eigenvalue weighted by Crippen LogP contribution is 2.14. The number of nitrogens with zero attached hydrogens (tertiary/aromatic N) is 2. The Balaban J connectivity index is 2.73. The molecule has 0 aliphatic carbocycles. The Kier molecular flexibility index (Phi) is 1.86. The summed E-state index contributed by atoms with van der Waals surface area (Å²) < 4.78 is 2.71. The summed E-state index contributed by atoms with van der Waals surface area (Å²) >= 11 is 3.34. The number of rotatable bonds is 1. The number of fused-ring (bicyclic) bond motifs is 1. The molecule has 0 saturated carbocycles. The zero-order valence-corrected chi connectivity index (χ0v) is 7.82. The Morgan fingerprint density at radius 3 is 3.08 bits per heavy atom. The highest BCUT2D eigenvalue weighted by atomic mass is 79.9. The molecule has 4 heteroatoms. The van der Waals surface area contributed by atoms with Crippen LogP contribution in [0.3, 0.4) is 0 Å². The third-order valence-electron chi connectivity index (χ3n) is 1.73. The van der Waals surface area contributed by atoms with Crippen LogP contribution < -0.4 is 0 Å². The molecular formula is C8H7BrN2O. The van der Waals surface area contributed by atoms with Crippen molar-refractivity contribution in [2.75, 3.05) is 0 Å². The number of aliphatic hydroxyl groups is 1. The molecule has 12 heavy (non-hydrogen) atoms. The zero-order valence-electron chi connectivity index (χ0n) is 6.24. The molecule has 0 fully saturated rings. The predicted molar refractivity (Wildman–Crippen MR) is 48.8 cm³/mol. The quantitative estimate of drug-likeness (QED) is 0.803. The third kappa shape index (κ3) is 1.13. The molecule has 2 rings (SSSR count). The van der Waals surface area contributed by atoms with E-state index in [1.54, 1.807) is 10.7 Å². The molecule has 2 aromatic rings. The standard InChI is InChI=1S/C8H7BrN2O/c9-7-1-2-8-6(5-12)3-10-11(8)4-7/h1-4,12H,5H2. The lowest BCUT2D eigenvalue weighted by Crippen LogP contribution is -1.86. The monoisotopic (exact) mass is 226 g/mol. The van der Waals surface area contributed by atoms with Crippen molar-refractivity contribution in [1.29, 1.82) is 0 Å². The molecule has 0 aliphatic rings. The van der Waals surface area contributed by atoms with Gasteiger partial charge < -0.3 is 5.11 Å². The number of hydrogen-bond donors (Lipinski definition) is 1. The van der Waals surface area contributed by atoms with Crippen molar-refractivity contribution in [2.24, 2.45) is 0 Å². The minimum absolute atomic E-state index is 0.0329. The smallest absolute Gasteiger partial charge is 0.0718 e. The van der Waals surface area contributed by atoms with E-state index in [1.807, 2.05) is 18.3 Å². The Labute approximate surface area is 77.8 Å². The van der Waals surface area contributed by atoms with E-state index in [0.29, 0.717) is 0 Å². The minimum Gasteiger partial charge on any atom is -0.392 e. The zero-order chi connectivity index (χ0) is 8.55. The first-order valence-corrected chi connectivity index (χ1v) is 4.33. The van der Waals surface area contributed by atoms with E-state index in [0.717, 1.165) is 15.6 Å². The van der Waals surface area contributed by atoms with Gasteiger partial charge in [-0.1, -0.05) is 0 Å². The van der Waals surface area contributed by atoms with Crippen LogP contribution in [0.15, 0.2) is 29.0 Å². The highest BCUT2D eigenvalue weighted by molar-refractivity contribution is 9.10. The number of aliphatic hydroxyl groups excluding tert-OH is 1. The summed E-state index contributed by atoms with van der Waals surface area (Å²) in [5, 5.41) is 13.0. The summed E-state index contributed by atoms with van der Waals surface area (Å²) in [6.45, 7) is 0.0329. The minimum atomic E-state index is 0.0329. The van der Waals surface area contributed by atoms with Gasteiger partial charge in [0, 0.05) is 16.2 Å². The second-order valence-electron chi connectivity index (χ2n) is 2.51. The molecule has 0 saturated heterocycles. The molecular weight excluding hydrogens is 220 g/mol. The molecule has 0 aromatic carbocycles. The van der Waals surface area contributed by atoms with Crippen molar-refractivity contribution in [1.82, 2.24) is 9.61 Å². The van der Waals surface area contributed by atoms with Gasteiger partial charge in [-0.05, 0) is 28.1 Å². The lowest BCUT2D eigenvalue weighted by Gasteiger charge is -1.94. The van der Waals surface area contributed by atoms with E-state index in [1.165, 1.54) is 0 Å². The summed E-state index contributed by atoms with van der Waals surface area (Å²) in [7, 11) is 0. The molecule has 1 N–H and O–H groups in total. The molecule has 0 unspecified atom stereocenters. The van der Waals surface area contributed by atoms with E-state index in [4.69, 9.17) is 5.11 Å². The molecule has 62 valence electrons. The van der Waals surface area contributed by atoms with Crippen molar-refractivity contribution in [3.05, 3.63) is 34.6 Å². The van der Waals surface area contributed by atoms with Crippen LogP contribution in [-0.2, 0) is 6.61 Å². The van der Waals surface area contributed by atoms with Gasteiger partial charge in [-0.15, -0.1) is 0 Å². The number of halogens is 1. The van der Waals surface area contributed by atoms with Crippen LogP contribution in [0.25, 0.3) is 5.52 Å². The molecule has 0 aliphatic heterocycles. The Morgan fingerprint density at radius 2 is 2.33 bits per heavy atom. The Hall–Kier alpha value is -0.870. The second-order valence-corrected chi connectivity index (χ2v) is 3.42. The van der Waals surface area contributed by atoms with Gasteiger partial charge in [-0.3, -0.25) is 0 Å². The lowest BCUT2D eigenvalue weighted by atomic mass is 10.3. The maximum absolute atomic E-state index is 8.93. The van der Waals surface area contributed by atoms with Gasteiger partial charge in [-0.25, -0.2) is 4.52 Å². The maximum Gasteiger partial charge on any atom is 0.0718 e. The summed E-state index contributed by atoms with van der Waals surface area (Å²) in [5.74, 6) is 0. The molecule has 0 spiro atoms. The SMILES string of the molecule is OCc1cnn2cc(Br)ccc12. The molecule has 0 bridgehead atoms. The van der Waals surface area contributed by atoms with Crippen LogP contribution in [0, 0.1) is 0 Å². The van der Waals surface area contributed by atoms with E-state index in [9.17, 15) is 0 Å². The van der Waals surface area contributed by atoms with Gasteiger partial charge in [0.25, 0.3) is 0 Å². The number of hydrogen-bond acceptors (Lipinski definition) is 2. The topological polar surface area (TPSA) is 37.5 Å². The van der Waals surface area contributed by atoms with Crippen LogP contribution in [-0.4, -0.2) is 14.7 Å². The highest BCUT2D eigenvalue weighted by Gasteiger charge is 2.01. The fourth-order valence-electron chi connectivity index (χ4n) is 1.13. The average Bonchev–Trinajstić information content (AvgIpc) is 2.46. The van der Waals surface area contributed by atoms with Crippen molar-refractivity contribution in [3.63, 3.8) is 0 Å². The Morgan fingerprint density at radius 1 is 1.50 bits per heavy atom. The van der Waals surface area contributed by atoms with E-state index in [2.05, 4.69) is 21.0 Å². The van der Waals surface area contributed by atoms with Crippen LogP contribution in [0.5, 0.6) is 0 Å². The summed E-state index contributed by atoms with van der Waals surface area (Å²) in [4.78, 5) is 0. The normalized spacial score (nSPS) is 10.8. The summed E-state index contributed by atoms with van der Waals surface area (Å²) in [6, 6.07) is 3.85. The van der Waals surface area contributed by atoms with E-state index >= 15 is 0 Å². The first-order chi connectivity index (χ1) is 5.81. The van der Waals surface area contributed by atoms with Crippen molar-refractivity contribution in [3.8, 4) is 0 Å². The first kappa shape index (κ1) is 7.76. The van der Waals surface area contributed by atoms with Gasteiger partial charge >= 0.3 is 0 Å². The van der Waals surface area contributed by atoms with Crippen LogP contribution in [0.2, 0.25) is 0 Å².